The van der Waals surface area contributed by atoms with Gasteiger partial charge in [0.25, 0.3) is 5.91 Å². The van der Waals surface area contributed by atoms with E-state index < -0.39 is 6.09 Å². The largest absolute Gasteiger partial charge is 0.484 e. The molecule has 0 aliphatic rings. The Morgan fingerprint density at radius 1 is 0.962 bits per heavy atom. The zero-order valence-corrected chi connectivity index (χ0v) is 15.4. The molecular formula is C19H21ClN2O4. The third-order valence-electron chi connectivity index (χ3n) is 3.45. The molecule has 0 unspecified atom stereocenters. The van der Waals surface area contributed by atoms with Crippen molar-refractivity contribution in [1.29, 1.82) is 0 Å². The Morgan fingerprint density at radius 2 is 1.58 bits per heavy atom. The van der Waals surface area contributed by atoms with Crippen molar-refractivity contribution in [1.82, 2.24) is 10.6 Å². The maximum atomic E-state index is 11.8. The van der Waals surface area contributed by atoms with Crippen LogP contribution in [0.15, 0.2) is 42.5 Å². The zero-order chi connectivity index (χ0) is 18.9. The molecule has 0 saturated carbocycles. The number of para-hydroxylation sites is 1. The number of rotatable bonds is 7. The van der Waals surface area contributed by atoms with Gasteiger partial charge in [0.05, 0.1) is 0 Å². The van der Waals surface area contributed by atoms with Crippen molar-refractivity contribution in [2.75, 3.05) is 19.7 Å². The molecule has 2 aromatic rings. The van der Waals surface area contributed by atoms with Crippen molar-refractivity contribution < 1.29 is 19.1 Å². The molecule has 26 heavy (non-hydrogen) atoms. The highest BCUT2D eigenvalue weighted by Gasteiger charge is 2.07. The summed E-state index contributed by atoms with van der Waals surface area (Å²) in [4.78, 5) is 23.4. The molecule has 2 rings (SSSR count). The van der Waals surface area contributed by atoms with Crippen molar-refractivity contribution in [2.24, 2.45) is 0 Å². The van der Waals surface area contributed by atoms with E-state index in [-0.39, 0.29) is 25.6 Å². The van der Waals surface area contributed by atoms with Crippen molar-refractivity contribution in [3.63, 3.8) is 0 Å². The molecule has 0 aliphatic heterocycles. The first kappa shape index (κ1) is 19.6. The van der Waals surface area contributed by atoms with E-state index in [1.807, 2.05) is 19.9 Å². The monoisotopic (exact) mass is 376 g/mol. The second kappa shape index (κ2) is 9.68. The molecule has 0 saturated heterocycles. The minimum atomic E-state index is -0.575. The number of ether oxygens (including phenoxy) is 2. The summed E-state index contributed by atoms with van der Waals surface area (Å²) >= 11 is 6.09. The predicted molar refractivity (Wildman–Crippen MR) is 99.9 cm³/mol. The fraction of sp³-hybridized carbons (Fsp3) is 0.263. The number of aryl methyl sites for hydroxylation is 2. The summed E-state index contributed by atoms with van der Waals surface area (Å²) in [7, 11) is 0. The Hall–Kier alpha value is -2.73. The van der Waals surface area contributed by atoms with Gasteiger partial charge in [-0.2, -0.15) is 0 Å². The molecular weight excluding hydrogens is 356 g/mol. The summed E-state index contributed by atoms with van der Waals surface area (Å²) in [5.74, 6) is 0.758. The van der Waals surface area contributed by atoms with E-state index in [1.165, 1.54) is 0 Å². The number of carbonyl (C=O) groups excluding carboxylic acids is 2. The lowest BCUT2D eigenvalue weighted by atomic mass is 10.1. The lowest BCUT2D eigenvalue weighted by Crippen LogP contribution is -2.37. The highest BCUT2D eigenvalue weighted by atomic mass is 35.5. The minimum absolute atomic E-state index is 0.116. The first-order valence-corrected chi connectivity index (χ1v) is 8.50. The van der Waals surface area contributed by atoms with Gasteiger partial charge >= 0.3 is 6.09 Å². The smallest absolute Gasteiger partial charge is 0.412 e. The van der Waals surface area contributed by atoms with Gasteiger partial charge in [-0.25, -0.2) is 4.79 Å². The topological polar surface area (TPSA) is 76.7 Å². The summed E-state index contributed by atoms with van der Waals surface area (Å²) in [6.45, 7) is 4.15. The highest BCUT2D eigenvalue weighted by Crippen LogP contribution is 2.25. The Kier molecular flexibility index (Phi) is 7.29. The number of amides is 2. The molecule has 0 spiro atoms. The minimum Gasteiger partial charge on any atom is -0.484 e. The molecule has 138 valence electrons. The Labute approximate surface area is 157 Å². The van der Waals surface area contributed by atoms with Crippen molar-refractivity contribution in [2.45, 2.75) is 13.8 Å². The molecule has 0 fully saturated rings. The van der Waals surface area contributed by atoms with Crippen LogP contribution >= 0.6 is 11.6 Å². The van der Waals surface area contributed by atoms with Gasteiger partial charge in [0.1, 0.15) is 11.5 Å². The predicted octanol–water partition coefficient (Wildman–Crippen LogP) is 3.24. The van der Waals surface area contributed by atoms with E-state index in [2.05, 4.69) is 10.6 Å². The molecule has 0 aromatic heterocycles. The number of halogens is 1. The number of hydrogen-bond donors (Lipinski definition) is 2. The summed E-state index contributed by atoms with van der Waals surface area (Å²) in [5.41, 5.74) is 1.78. The van der Waals surface area contributed by atoms with Crippen LogP contribution in [0.3, 0.4) is 0 Å². The fourth-order valence-corrected chi connectivity index (χ4v) is 2.30. The van der Waals surface area contributed by atoms with Crippen LogP contribution in [0.25, 0.3) is 0 Å². The maximum Gasteiger partial charge on any atom is 0.412 e. The number of benzene rings is 2. The van der Waals surface area contributed by atoms with E-state index in [1.54, 1.807) is 36.4 Å². The second-order valence-electron chi connectivity index (χ2n) is 5.64. The lowest BCUT2D eigenvalue weighted by molar-refractivity contribution is -0.123. The zero-order valence-electron chi connectivity index (χ0n) is 14.7. The molecule has 0 heterocycles. The Balaban J connectivity index is 1.64. The first-order valence-electron chi connectivity index (χ1n) is 8.12. The van der Waals surface area contributed by atoms with Crippen LogP contribution in [0.2, 0.25) is 5.02 Å². The molecule has 0 radical (unpaired) electrons. The van der Waals surface area contributed by atoms with Gasteiger partial charge in [0.15, 0.2) is 6.61 Å². The first-order chi connectivity index (χ1) is 12.5. The normalized spacial score (nSPS) is 10.1. The van der Waals surface area contributed by atoms with Crippen molar-refractivity contribution in [3.8, 4) is 11.5 Å². The van der Waals surface area contributed by atoms with Gasteiger partial charge < -0.3 is 20.1 Å². The second-order valence-corrected chi connectivity index (χ2v) is 6.02. The molecule has 7 heteroatoms. The summed E-state index contributed by atoms with van der Waals surface area (Å²) in [6, 6.07) is 12.3. The SMILES string of the molecule is Cc1cc(OCC(=O)NCCNC(=O)Oc2ccccc2)cc(C)c1Cl. The van der Waals surface area contributed by atoms with Crippen LogP contribution in [0.5, 0.6) is 11.5 Å². The Bertz CT molecular complexity index is 742. The van der Waals surface area contributed by atoms with Crippen LogP contribution in [0, 0.1) is 13.8 Å². The van der Waals surface area contributed by atoms with Crippen LogP contribution in [-0.4, -0.2) is 31.7 Å². The summed E-state index contributed by atoms with van der Waals surface area (Å²) in [5, 5.41) is 5.89. The number of nitrogens with one attached hydrogen (secondary N) is 2. The molecule has 6 nitrogen and oxygen atoms in total. The third-order valence-corrected chi connectivity index (χ3v) is 4.05. The maximum absolute atomic E-state index is 11.8. The Morgan fingerprint density at radius 3 is 2.23 bits per heavy atom. The van der Waals surface area contributed by atoms with E-state index in [0.717, 1.165) is 11.1 Å². The van der Waals surface area contributed by atoms with E-state index in [4.69, 9.17) is 21.1 Å². The average Bonchev–Trinajstić information content (AvgIpc) is 2.62. The van der Waals surface area contributed by atoms with Gasteiger partial charge in [-0.3, -0.25) is 4.79 Å². The number of hydrogen-bond acceptors (Lipinski definition) is 4. The van der Waals surface area contributed by atoms with Crippen LogP contribution in [0.1, 0.15) is 11.1 Å². The average molecular weight is 377 g/mol. The molecule has 0 aliphatic carbocycles. The molecule has 2 amide bonds. The van der Waals surface area contributed by atoms with Gasteiger partial charge in [-0.05, 0) is 49.2 Å². The summed E-state index contributed by atoms with van der Waals surface area (Å²) in [6.07, 6.45) is -0.575. The lowest BCUT2D eigenvalue weighted by Gasteiger charge is -2.11. The van der Waals surface area contributed by atoms with Gasteiger partial charge in [-0.15, -0.1) is 0 Å². The fourth-order valence-electron chi connectivity index (χ4n) is 2.19. The van der Waals surface area contributed by atoms with Gasteiger partial charge in [-0.1, -0.05) is 29.8 Å². The van der Waals surface area contributed by atoms with E-state index in [9.17, 15) is 9.59 Å². The highest BCUT2D eigenvalue weighted by molar-refractivity contribution is 6.32. The van der Waals surface area contributed by atoms with Crippen LogP contribution < -0.4 is 20.1 Å². The summed E-state index contributed by atoms with van der Waals surface area (Å²) < 4.78 is 10.5. The standard InChI is InChI=1S/C19H21ClN2O4/c1-13-10-16(11-14(2)18(13)20)25-12-17(23)21-8-9-22-19(24)26-15-6-4-3-5-7-15/h3-7,10-11H,8-9,12H2,1-2H3,(H,21,23)(H,22,24). The van der Waals surface area contributed by atoms with Gasteiger partial charge in [0.2, 0.25) is 0 Å². The van der Waals surface area contributed by atoms with Gasteiger partial charge in [0, 0.05) is 18.1 Å². The van der Waals surface area contributed by atoms with Crippen LogP contribution in [0.4, 0.5) is 4.79 Å². The van der Waals surface area contributed by atoms with E-state index in [0.29, 0.717) is 16.5 Å². The molecule has 0 bridgehead atoms. The molecule has 2 aromatic carbocycles. The van der Waals surface area contributed by atoms with Crippen LogP contribution in [-0.2, 0) is 4.79 Å². The van der Waals surface area contributed by atoms with E-state index >= 15 is 0 Å². The van der Waals surface area contributed by atoms with Crippen molar-refractivity contribution in [3.05, 3.63) is 58.6 Å². The molecule has 2 N–H and O–H groups in total. The van der Waals surface area contributed by atoms with Crippen molar-refractivity contribution >= 4 is 23.6 Å². The third kappa shape index (κ3) is 6.29. The molecule has 0 atom stereocenters. The number of carbonyl (C=O) groups is 2. The quantitative estimate of drug-likeness (QED) is 0.727.